The van der Waals surface area contributed by atoms with Gasteiger partial charge in [-0.05, 0) is 37.0 Å². The number of hydrogen-bond acceptors (Lipinski definition) is 5. The zero-order valence-electron chi connectivity index (χ0n) is 12.0. The number of aliphatic hydroxyl groups excluding tert-OH is 1. The summed E-state index contributed by atoms with van der Waals surface area (Å²) in [7, 11) is 0. The number of rotatable bonds is 3. The lowest BCUT2D eigenvalue weighted by Crippen LogP contribution is -2.49. The Morgan fingerprint density at radius 1 is 1.24 bits per heavy atom. The summed E-state index contributed by atoms with van der Waals surface area (Å²) in [5, 5.41) is 10.5. The first kappa shape index (κ1) is 13.4. The third-order valence-corrected chi connectivity index (χ3v) is 4.79. The van der Waals surface area contributed by atoms with Crippen molar-refractivity contribution in [3.8, 4) is 11.5 Å². The Hall–Kier alpha value is -1.30. The molecule has 3 aliphatic rings. The molecule has 0 amide bonds. The summed E-state index contributed by atoms with van der Waals surface area (Å²) in [6, 6.07) is 6.16. The molecule has 1 saturated carbocycles. The van der Waals surface area contributed by atoms with Crippen LogP contribution in [0.25, 0.3) is 0 Å². The van der Waals surface area contributed by atoms with Gasteiger partial charge in [0.05, 0.1) is 18.8 Å². The molecule has 3 unspecified atom stereocenters. The monoisotopic (exact) mass is 291 g/mol. The number of nitrogens with zero attached hydrogens (tertiary/aromatic N) is 1. The summed E-state index contributed by atoms with van der Waals surface area (Å²) in [6.45, 7) is 2.60. The fourth-order valence-corrected chi connectivity index (χ4v) is 3.68. The smallest absolute Gasteiger partial charge is 0.231 e. The molecular weight excluding hydrogens is 270 g/mol. The minimum absolute atomic E-state index is 0.266. The van der Waals surface area contributed by atoms with Gasteiger partial charge >= 0.3 is 0 Å². The Bertz CT molecular complexity index is 521. The summed E-state index contributed by atoms with van der Waals surface area (Å²) in [5.74, 6) is 1.49. The van der Waals surface area contributed by atoms with Gasteiger partial charge in [-0.1, -0.05) is 6.07 Å². The second-order valence-corrected chi connectivity index (χ2v) is 6.03. The fraction of sp³-hybridized carbons (Fsp3) is 0.625. The van der Waals surface area contributed by atoms with Gasteiger partial charge in [-0.2, -0.15) is 0 Å². The number of morpholine rings is 1. The molecule has 0 aromatic heterocycles. The molecule has 2 fully saturated rings. The molecule has 2 heterocycles. The van der Waals surface area contributed by atoms with Crippen LogP contribution in [0, 0.1) is 0 Å². The van der Waals surface area contributed by atoms with E-state index in [4.69, 9.17) is 14.2 Å². The van der Waals surface area contributed by atoms with Gasteiger partial charge in [0, 0.05) is 19.1 Å². The SMILES string of the molecule is OC(CN1CCOC2CCCC21)c1ccc2c(c1)OCO2. The van der Waals surface area contributed by atoms with Gasteiger partial charge in [0.15, 0.2) is 11.5 Å². The van der Waals surface area contributed by atoms with E-state index in [1.807, 2.05) is 18.2 Å². The quantitative estimate of drug-likeness (QED) is 0.918. The average Bonchev–Trinajstić information content (AvgIpc) is 3.15. The number of β-amino-alcohol motifs (C(OH)–C–C–N with tert-alkyl or cyclic N) is 1. The molecule has 1 aliphatic carbocycles. The van der Waals surface area contributed by atoms with Crippen LogP contribution in [0.5, 0.6) is 11.5 Å². The van der Waals surface area contributed by atoms with Gasteiger partial charge in [0.25, 0.3) is 0 Å². The maximum absolute atomic E-state index is 10.5. The summed E-state index contributed by atoms with van der Waals surface area (Å²) in [4.78, 5) is 2.39. The predicted octanol–water partition coefficient (Wildman–Crippen LogP) is 1.70. The number of aliphatic hydroxyl groups is 1. The molecule has 1 saturated heterocycles. The van der Waals surface area contributed by atoms with Crippen molar-refractivity contribution in [2.45, 2.75) is 37.5 Å². The highest BCUT2D eigenvalue weighted by atomic mass is 16.7. The van der Waals surface area contributed by atoms with Crippen LogP contribution in [0.3, 0.4) is 0 Å². The Morgan fingerprint density at radius 2 is 2.14 bits per heavy atom. The van der Waals surface area contributed by atoms with Gasteiger partial charge < -0.3 is 19.3 Å². The maximum atomic E-state index is 10.5. The van der Waals surface area contributed by atoms with Crippen LogP contribution in [-0.4, -0.2) is 48.6 Å². The first-order valence-corrected chi connectivity index (χ1v) is 7.74. The second-order valence-electron chi connectivity index (χ2n) is 6.03. The van der Waals surface area contributed by atoms with E-state index in [1.165, 1.54) is 12.8 Å². The standard InChI is InChI=1S/C16H21NO4/c18-13(11-4-5-15-16(8-11)21-10-20-15)9-17-6-7-19-14-3-1-2-12(14)17/h4-5,8,12-14,18H,1-3,6-7,9-10H2. The molecule has 0 spiro atoms. The van der Waals surface area contributed by atoms with Gasteiger partial charge in [0.1, 0.15) is 0 Å². The molecule has 2 aliphatic heterocycles. The molecule has 5 nitrogen and oxygen atoms in total. The summed E-state index contributed by atoms with van der Waals surface area (Å²) in [5.41, 5.74) is 0.889. The van der Waals surface area contributed by atoms with Crippen molar-refractivity contribution in [3.63, 3.8) is 0 Å². The Balaban J connectivity index is 1.46. The van der Waals surface area contributed by atoms with Crippen LogP contribution in [0.1, 0.15) is 30.9 Å². The first-order chi connectivity index (χ1) is 10.3. The second kappa shape index (κ2) is 5.48. The van der Waals surface area contributed by atoms with Crippen LogP contribution in [0.2, 0.25) is 0 Å². The third kappa shape index (κ3) is 2.50. The Labute approximate surface area is 124 Å². The zero-order valence-corrected chi connectivity index (χ0v) is 12.0. The highest BCUT2D eigenvalue weighted by Gasteiger charge is 2.36. The predicted molar refractivity (Wildman–Crippen MR) is 76.5 cm³/mol. The van der Waals surface area contributed by atoms with Crippen molar-refractivity contribution in [2.75, 3.05) is 26.5 Å². The lowest BCUT2D eigenvalue weighted by molar-refractivity contribution is -0.0675. The van der Waals surface area contributed by atoms with Crippen LogP contribution in [0.15, 0.2) is 18.2 Å². The van der Waals surface area contributed by atoms with E-state index in [9.17, 15) is 5.11 Å². The number of benzene rings is 1. The van der Waals surface area contributed by atoms with Crippen LogP contribution in [0.4, 0.5) is 0 Å². The van der Waals surface area contributed by atoms with Crippen molar-refractivity contribution in [1.82, 2.24) is 4.90 Å². The lowest BCUT2D eigenvalue weighted by atomic mass is 10.1. The fourth-order valence-electron chi connectivity index (χ4n) is 3.68. The van der Waals surface area contributed by atoms with E-state index in [-0.39, 0.29) is 6.79 Å². The minimum Gasteiger partial charge on any atom is -0.454 e. The Kier molecular flexibility index (Phi) is 3.49. The highest BCUT2D eigenvalue weighted by Crippen LogP contribution is 2.35. The van der Waals surface area contributed by atoms with Gasteiger partial charge in [0.2, 0.25) is 6.79 Å². The number of ether oxygens (including phenoxy) is 3. The average molecular weight is 291 g/mol. The van der Waals surface area contributed by atoms with Crippen molar-refractivity contribution in [3.05, 3.63) is 23.8 Å². The van der Waals surface area contributed by atoms with Crippen molar-refractivity contribution >= 4 is 0 Å². The lowest BCUT2D eigenvalue weighted by Gasteiger charge is -2.38. The number of hydrogen-bond donors (Lipinski definition) is 1. The molecule has 3 atom stereocenters. The molecule has 5 heteroatoms. The van der Waals surface area contributed by atoms with E-state index >= 15 is 0 Å². The Morgan fingerprint density at radius 3 is 3.10 bits per heavy atom. The molecule has 1 aromatic carbocycles. The largest absolute Gasteiger partial charge is 0.454 e. The van der Waals surface area contributed by atoms with E-state index in [0.29, 0.717) is 18.7 Å². The van der Waals surface area contributed by atoms with Crippen LogP contribution < -0.4 is 9.47 Å². The number of fused-ring (bicyclic) bond motifs is 2. The summed E-state index contributed by atoms with van der Waals surface area (Å²) in [6.07, 6.45) is 3.42. The zero-order chi connectivity index (χ0) is 14.2. The third-order valence-electron chi connectivity index (χ3n) is 4.79. The summed E-state index contributed by atoms with van der Waals surface area (Å²) >= 11 is 0. The molecule has 114 valence electrons. The molecule has 21 heavy (non-hydrogen) atoms. The first-order valence-electron chi connectivity index (χ1n) is 7.74. The highest BCUT2D eigenvalue weighted by molar-refractivity contribution is 5.45. The van der Waals surface area contributed by atoms with Crippen LogP contribution in [-0.2, 0) is 4.74 Å². The minimum atomic E-state index is -0.501. The molecule has 0 radical (unpaired) electrons. The van der Waals surface area contributed by atoms with Crippen molar-refractivity contribution in [1.29, 1.82) is 0 Å². The van der Waals surface area contributed by atoms with E-state index < -0.39 is 6.10 Å². The van der Waals surface area contributed by atoms with Crippen LogP contribution >= 0.6 is 0 Å². The van der Waals surface area contributed by atoms with Crippen molar-refractivity contribution < 1.29 is 19.3 Å². The molecular formula is C16H21NO4. The maximum Gasteiger partial charge on any atom is 0.231 e. The van der Waals surface area contributed by atoms with Gasteiger partial charge in [-0.25, -0.2) is 0 Å². The topological polar surface area (TPSA) is 51.2 Å². The molecule has 0 bridgehead atoms. The normalized spacial score (nSPS) is 29.4. The molecule has 1 N–H and O–H groups in total. The van der Waals surface area contributed by atoms with Crippen molar-refractivity contribution in [2.24, 2.45) is 0 Å². The molecule has 4 rings (SSSR count). The van der Waals surface area contributed by atoms with E-state index in [1.54, 1.807) is 0 Å². The van der Waals surface area contributed by atoms with Gasteiger partial charge in [-0.3, -0.25) is 4.90 Å². The molecule has 1 aromatic rings. The summed E-state index contributed by atoms with van der Waals surface area (Å²) < 4.78 is 16.5. The van der Waals surface area contributed by atoms with E-state index in [0.717, 1.165) is 36.6 Å². The van der Waals surface area contributed by atoms with E-state index in [2.05, 4.69) is 4.90 Å². The van der Waals surface area contributed by atoms with Gasteiger partial charge in [-0.15, -0.1) is 0 Å².